The lowest BCUT2D eigenvalue weighted by Crippen LogP contribution is -2.44. The lowest BCUT2D eigenvalue weighted by atomic mass is 10.1. The highest BCUT2D eigenvalue weighted by Crippen LogP contribution is 2.13. The van der Waals surface area contributed by atoms with Gasteiger partial charge in [0.15, 0.2) is 6.04 Å². The fourth-order valence-corrected chi connectivity index (χ4v) is 1.74. The molecule has 2 N–H and O–H groups in total. The predicted molar refractivity (Wildman–Crippen MR) is 70.8 cm³/mol. The number of carbonyl (C=O) groups excluding carboxylic acids is 2. The summed E-state index contributed by atoms with van der Waals surface area (Å²) in [6.45, 7) is 1.34. The standard InChI is InChI=1S/C14H18FNO4/c1-3-4-9-7-10(5-6-11(9)15)13(18)16-12(8-17)14(19)20-2/h5-7,12,17H,3-4,8H2,1-2H3,(H,16,18)/t12-/m1/s1. The van der Waals surface area contributed by atoms with E-state index in [9.17, 15) is 14.0 Å². The van der Waals surface area contributed by atoms with Crippen LogP contribution in [-0.2, 0) is 16.0 Å². The smallest absolute Gasteiger partial charge is 0.330 e. The van der Waals surface area contributed by atoms with Crippen LogP contribution in [0.4, 0.5) is 4.39 Å². The third-order valence-electron chi connectivity index (χ3n) is 2.80. The van der Waals surface area contributed by atoms with Crippen LogP contribution >= 0.6 is 0 Å². The van der Waals surface area contributed by atoms with E-state index in [1.54, 1.807) is 0 Å². The minimum Gasteiger partial charge on any atom is -0.467 e. The number of halogens is 1. The Morgan fingerprint density at radius 1 is 1.45 bits per heavy atom. The summed E-state index contributed by atoms with van der Waals surface area (Å²) in [5, 5.41) is 11.4. The molecule has 6 heteroatoms. The van der Waals surface area contributed by atoms with E-state index in [0.29, 0.717) is 12.0 Å². The number of aliphatic hydroxyl groups excluding tert-OH is 1. The highest BCUT2D eigenvalue weighted by Gasteiger charge is 2.21. The molecule has 1 rings (SSSR count). The Balaban J connectivity index is 2.86. The number of rotatable bonds is 6. The highest BCUT2D eigenvalue weighted by atomic mass is 19.1. The summed E-state index contributed by atoms with van der Waals surface area (Å²) in [4.78, 5) is 23.2. The van der Waals surface area contributed by atoms with E-state index in [0.717, 1.165) is 13.5 Å². The molecule has 0 saturated carbocycles. The average molecular weight is 283 g/mol. The van der Waals surface area contributed by atoms with Gasteiger partial charge in [-0.25, -0.2) is 9.18 Å². The maximum Gasteiger partial charge on any atom is 0.330 e. The summed E-state index contributed by atoms with van der Waals surface area (Å²) >= 11 is 0. The molecular weight excluding hydrogens is 265 g/mol. The van der Waals surface area contributed by atoms with Crippen molar-refractivity contribution in [3.05, 3.63) is 35.1 Å². The molecule has 1 atom stereocenters. The molecule has 0 unspecified atom stereocenters. The molecule has 0 aliphatic heterocycles. The molecular formula is C14H18FNO4. The van der Waals surface area contributed by atoms with Gasteiger partial charge in [-0.05, 0) is 30.2 Å². The number of carbonyl (C=O) groups is 2. The zero-order chi connectivity index (χ0) is 15.1. The number of aliphatic hydroxyl groups is 1. The number of benzene rings is 1. The Morgan fingerprint density at radius 2 is 2.15 bits per heavy atom. The van der Waals surface area contributed by atoms with Gasteiger partial charge in [0.1, 0.15) is 5.82 Å². The molecule has 0 aromatic heterocycles. The molecule has 1 amide bonds. The molecule has 0 saturated heterocycles. The molecule has 0 aliphatic rings. The summed E-state index contributed by atoms with van der Waals surface area (Å²) in [5.41, 5.74) is 0.677. The van der Waals surface area contributed by atoms with Crippen molar-refractivity contribution in [3.8, 4) is 0 Å². The first-order valence-corrected chi connectivity index (χ1v) is 6.31. The number of methoxy groups -OCH3 is 1. The Labute approximate surface area is 116 Å². The van der Waals surface area contributed by atoms with Crippen LogP contribution < -0.4 is 5.32 Å². The first kappa shape index (κ1) is 16.1. The van der Waals surface area contributed by atoms with Gasteiger partial charge in [-0.2, -0.15) is 0 Å². The fraction of sp³-hybridized carbons (Fsp3) is 0.429. The zero-order valence-electron chi connectivity index (χ0n) is 11.5. The van der Waals surface area contributed by atoms with Crippen LogP contribution in [0.25, 0.3) is 0 Å². The molecule has 20 heavy (non-hydrogen) atoms. The van der Waals surface area contributed by atoms with Crippen LogP contribution in [0.5, 0.6) is 0 Å². The number of ether oxygens (including phenoxy) is 1. The van der Waals surface area contributed by atoms with E-state index in [4.69, 9.17) is 5.11 Å². The highest BCUT2D eigenvalue weighted by molar-refractivity contribution is 5.96. The molecule has 110 valence electrons. The largest absolute Gasteiger partial charge is 0.467 e. The van der Waals surface area contributed by atoms with Gasteiger partial charge in [0.25, 0.3) is 5.91 Å². The zero-order valence-corrected chi connectivity index (χ0v) is 11.5. The van der Waals surface area contributed by atoms with Crippen LogP contribution in [-0.4, -0.2) is 36.7 Å². The number of hydrogen-bond acceptors (Lipinski definition) is 4. The maximum atomic E-state index is 13.5. The third-order valence-corrected chi connectivity index (χ3v) is 2.80. The van der Waals surface area contributed by atoms with Crippen molar-refractivity contribution in [1.82, 2.24) is 5.32 Å². The average Bonchev–Trinajstić information content (AvgIpc) is 2.46. The first-order chi connectivity index (χ1) is 9.53. The van der Waals surface area contributed by atoms with E-state index >= 15 is 0 Å². The summed E-state index contributed by atoms with van der Waals surface area (Å²) in [7, 11) is 1.16. The minimum atomic E-state index is -1.13. The molecule has 1 aromatic rings. The van der Waals surface area contributed by atoms with Crippen LogP contribution in [0.3, 0.4) is 0 Å². The second kappa shape index (κ2) is 7.59. The molecule has 0 spiro atoms. The Bertz CT molecular complexity index is 490. The van der Waals surface area contributed by atoms with Gasteiger partial charge in [-0.3, -0.25) is 4.79 Å². The Kier molecular flexibility index (Phi) is 6.11. The van der Waals surface area contributed by atoms with Crippen molar-refractivity contribution in [2.75, 3.05) is 13.7 Å². The van der Waals surface area contributed by atoms with E-state index < -0.39 is 24.5 Å². The van der Waals surface area contributed by atoms with E-state index in [1.807, 2.05) is 6.92 Å². The van der Waals surface area contributed by atoms with Gasteiger partial charge in [-0.1, -0.05) is 13.3 Å². The summed E-state index contributed by atoms with van der Waals surface area (Å²) in [6, 6.07) is 2.86. The van der Waals surface area contributed by atoms with Crippen molar-refractivity contribution in [1.29, 1.82) is 0 Å². The number of aryl methyl sites for hydroxylation is 1. The van der Waals surface area contributed by atoms with Crippen molar-refractivity contribution in [3.63, 3.8) is 0 Å². The van der Waals surface area contributed by atoms with Crippen LogP contribution in [0, 0.1) is 5.82 Å². The van der Waals surface area contributed by atoms with Gasteiger partial charge >= 0.3 is 5.97 Å². The molecule has 0 aliphatic carbocycles. The normalized spacial score (nSPS) is 11.8. The summed E-state index contributed by atoms with van der Waals surface area (Å²) in [5.74, 6) is -1.67. The second-order valence-electron chi connectivity index (χ2n) is 4.29. The lowest BCUT2D eigenvalue weighted by Gasteiger charge is -2.14. The van der Waals surface area contributed by atoms with E-state index in [-0.39, 0.29) is 11.4 Å². The van der Waals surface area contributed by atoms with Crippen LogP contribution in [0.1, 0.15) is 29.3 Å². The maximum absolute atomic E-state index is 13.5. The summed E-state index contributed by atoms with van der Waals surface area (Å²) < 4.78 is 17.9. The molecule has 0 radical (unpaired) electrons. The van der Waals surface area contributed by atoms with Crippen LogP contribution in [0.2, 0.25) is 0 Å². The topological polar surface area (TPSA) is 75.6 Å². The SMILES string of the molecule is CCCc1cc(C(=O)N[C@H](CO)C(=O)OC)ccc1F. The molecule has 1 aromatic carbocycles. The molecule has 5 nitrogen and oxygen atoms in total. The van der Waals surface area contributed by atoms with Crippen molar-refractivity contribution < 1.29 is 23.8 Å². The third kappa shape index (κ3) is 4.03. The van der Waals surface area contributed by atoms with Gasteiger partial charge in [0.05, 0.1) is 13.7 Å². The van der Waals surface area contributed by atoms with Gasteiger partial charge in [0.2, 0.25) is 0 Å². The fourth-order valence-electron chi connectivity index (χ4n) is 1.74. The monoisotopic (exact) mass is 283 g/mol. The molecule has 0 heterocycles. The second-order valence-corrected chi connectivity index (χ2v) is 4.29. The Morgan fingerprint density at radius 3 is 2.70 bits per heavy atom. The minimum absolute atomic E-state index is 0.234. The first-order valence-electron chi connectivity index (χ1n) is 6.31. The van der Waals surface area contributed by atoms with Crippen molar-refractivity contribution in [2.45, 2.75) is 25.8 Å². The van der Waals surface area contributed by atoms with E-state index in [2.05, 4.69) is 10.1 Å². The van der Waals surface area contributed by atoms with Gasteiger partial charge in [-0.15, -0.1) is 0 Å². The Hall–Kier alpha value is -1.95. The predicted octanol–water partition coefficient (Wildman–Crippen LogP) is 1.04. The summed E-state index contributed by atoms with van der Waals surface area (Å²) in [6.07, 6.45) is 1.27. The number of esters is 1. The number of hydrogen-bond donors (Lipinski definition) is 2. The van der Waals surface area contributed by atoms with Crippen molar-refractivity contribution >= 4 is 11.9 Å². The quantitative estimate of drug-likeness (QED) is 0.765. The molecule has 0 bridgehead atoms. The van der Waals surface area contributed by atoms with Crippen molar-refractivity contribution in [2.24, 2.45) is 0 Å². The van der Waals surface area contributed by atoms with Crippen LogP contribution in [0.15, 0.2) is 18.2 Å². The molecule has 0 fully saturated rings. The lowest BCUT2D eigenvalue weighted by molar-refractivity contribution is -0.143. The number of amides is 1. The van der Waals surface area contributed by atoms with Gasteiger partial charge in [0, 0.05) is 5.56 Å². The van der Waals surface area contributed by atoms with Gasteiger partial charge < -0.3 is 15.2 Å². The van der Waals surface area contributed by atoms with E-state index in [1.165, 1.54) is 18.2 Å². The number of nitrogens with one attached hydrogen (secondary N) is 1.